The fourth-order valence-electron chi connectivity index (χ4n) is 4.32. The number of imidazole rings is 1. The van der Waals surface area contributed by atoms with E-state index in [1.165, 1.54) is 17.6 Å². The Morgan fingerprint density at radius 3 is 2.69 bits per heavy atom. The summed E-state index contributed by atoms with van der Waals surface area (Å²) in [6.07, 6.45) is -1.95. The van der Waals surface area contributed by atoms with E-state index in [9.17, 15) is 15.0 Å². The first-order chi connectivity index (χ1) is 17.0. The number of anilines is 1. The summed E-state index contributed by atoms with van der Waals surface area (Å²) in [6.45, 7) is 2.22. The zero-order valence-corrected chi connectivity index (χ0v) is 19.3. The van der Waals surface area contributed by atoms with Gasteiger partial charge in [-0.3, -0.25) is 4.57 Å². The maximum Gasteiger partial charge on any atom is 0.410 e. The molecule has 0 spiro atoms. The molecule has 0 bridgehead atoms. The minimum Gasteiger partial charge on any atom is -0.447 e. The van der Waals surface area contributed by atoms with E-state index in [1.807, 2.05) is 42.3 Å². The Hall–Kier alpha value is -3.32. The molecule has 2 unspecified atom stereocenters. The first kappa shape index (κ1) is 23.4. The third-order valence-electron chi connectivity index (χ3n) is 6.22. The molecule has 3 aromatic rings. The summed E-state index contributed by atoms with van der Waals surface area (Å²) >= 11 is 0. The number of aliphatic hydroxyl groups excluding tert-OH is 2. The first-order valence-corrected chi connectivity index (χ1v) is 11.5. The van der Waals surface area contributed by atoms with Crippen molar-refractivity contribution in [3.8, 4) is 0 Å². The molecule has 1 amide bonds. The molecular formula is C23H28N6O6. The van der Waals surface area contributed by atoms with E-state index in [2.05, 4.69) is 15.0 Å². The number of hydrogen-bond donors (Lipinski definition) is 2. The highest BCUT2D eigenvalue weighted by molar-refractivity contribution is 5.83. The van der Waals surface area contributed by atoms with Crippen LogP contribution < -0.4 is 4.90 Å². The topological polar surface area (TPSA) is 135 Å². The Kier molecular flexibility index (Phi) is 6.77. The second-order valence-corrected chi connectivity index (χ2v) is 8.59. The molecule has 1 aromatic carbocycles. The highest BCUT2D eigenvalue weighted by Crippen LogP contribution is 2.33. The SMILES string of the molecule is CN(Cc1ccccc1)c1ncnc2c1ncn2[C@@H]1O[C@H](COC(=O)N2CCOCC2)C(O)C1O. The van der Waals surface area contributed by atoms with Gasteiger partial charge in [-0.05, 0) is 5.56 Å². The smallest absolute Gasteiger partial charge is 0.410 e. The van der Waals surface area contributed by atoms with Crippen molar-refractivity contribution in [3.05, 3.63) is 48.5 Å². The predicted octanol–water partition coefficient (Wildman–Crippen LogP) is 0.551. The molecule has 2 aliphatic rings. The highest BCUT2D eigenvalue weighted by Gasteiger charge is 2.45. The Balaban J connectivity index is 1.30. The summed E-state index contributed by atoms with van der Waals surface area (Å²) in [4.78, 5) is 29.0. The predicted molar refractivity (Wildman–Crippen MR) is 124 cm³/mol. The molecule has 186 valence electrons. The minimum absolute atomic E-state index is 0.197. The molecule has 35 heavy (non-hydrogen) atoms. The van der Waals surface area contributed by atoms with Gasteiger partial charge in [-0.1, -0.05) is 30.3 Å². The number of carbonyl (C=O) groups is 1. The van der Waals surface area contributed by atoms with Gasteiger partial charge in [-0.25, -0.2) is 19.7 Å². The van der Waals surface area contributed by atoms with Crippen molar-refractivity contribution in [2.24, 2.45) is 0 Å². The largest absolute Gasteiger partial charge is 0.447 e. The number of fused-ring (bicyclic) bond motifs is 1. The Bertz CT molecular complexity index is 1150. The van der Waals surface area contributed by atoms with Gasteiger partial charge in [0.15, 0.2) is 23.2 Å². The normalized spacial score (nSPS) is 24.6. The Labute approximate surface area is 201 Å². The van der Waals surface area contributed by atoms with Crippen LogP contribution in [0.15, 0.2) is 43.0 Å². The van der Waals surface area contributed by atoms with E-state index in [0.717, 1.165) is 5.56 Å². The molecule has 2 fully saturated rings. The molecule has 4 heterocycles. The van der Waals surface area contributed by atoms with Crippen molar-refractivity contribution in [2.75, 3.05) is 44.9 Å². The molecule has 0 aliphatic carbocycles. The van der Waals surface area contributed by atoms with Crippen molar-refractivity contribution in [2.45, 2.75) is 31.1 Å². The molecule has 5 rings (SSSR count). The van der Waals surface area contributed by atoms with Crippen LogP contribution in [0.3, 0.4) is 0 Å². The lowest BCUT2D eigenvalue weighted by Gasteiger charge is -2.26. The average Bonchev–Trinajstić information content (AvgIpc) is 3.44. The van der Waals surface area contributed by atoms with Crippen molar-refractivity contribution in [1.82, 2.24) is 24.4 Å². The second kappa shape index (κ2) is 10.1. The van der Waals surface area contributed by atoms with Crippen LogP contribution in [0.4, 0.5) is 10.6 Å². The highest BCUT2D eigenvalue weighted by atomic mass is 16.6. The minimum atomic E-state index is -1.26. The zero-order valence-electron chi connectivity index (χ0n) is 19.3. The molecule has 2 aliphatic heterocycles. The van der Waals surface area contributed by atoms with Crippen LogP contribution in [0.5, 0.6) is 0 Å². The van der Waals surface area contributed by atoms with Gasteiger partial charge in [0.1, 0.15) is 31.2 Å². The first-order valence-electron chi connectivity index (χ1n) is 11.5. The monoisotopic (exact) mass is 484 g/mol. The maximum absolute atomic E-state index is 12.3. The third kappa shape index (κ3) is 4.78. The van der Waals surface area contributed by atoms with E-state index in [0.29, 0.717) is 49.8 Å². The van der Waals surface area contributed by atoms with Crippen LogP contribution in [0, 0.1) is 0 Å². The number of nitrogens with zero attached hydrogens (tertiary/aromatic N) is 6. The summed E-state index contributed by atoms with van der Waals surface area (Å²) < 4.78 is 18.0. The van der Waals surface area contributed by atoms with Crippen molar-refractivity contribution < 1.29 is 29.2 Å². The molecule has 0 radical (unpaired) electrons. The lowest BCUT2D eigenvalue weighted by molar-refractivity contribution is -0.0587. The summed E-state index contributed by atoms with van der Waals surface area (Å²) in [7, 11) is 1.91. The van der Waals surface area contributed by atoms with Crippen molar-refractivity contribution >= 4 is 23.1 Å². The fourth-order valence-corrected chi connectivity index (χ4v) is 4.32. The number of benzene rings is 1. The number of ether oxygens (including phenoxy) is 3. The molecule has 2 saturated heterocycles. The van der Waals surface area contributed by atoms with Crippen molar-refractivity contribution in [1.29, 1.82) is 0 Å². The molecular weight excluding hydrogens is 456 g/mol. The van der Waals surface area contributed by atoms with Gasteiger partial charge >= 0.3 is 6.09 Å². The van der Waals surface area contributed by atoms with Gasteiger partial charge in [0.05, 0.1) is 19.5 Å². The standard InChI is InChI=1S/C23H28N6O6/c1-27(11-15-5-3-2-4-6-15)20-17-21(25-13-24-20)29(14-26-17)22-19(31)18(30)16(35-22)12-34-23(32)28-7-9-33-10-8-28/h2-6,13-14,16,18-19,22,30-31H,7-12H2,1H3/t16-,18?,19?,22-/m1/s1. The number of morpholine rings is 1. The number of aromatic nitrogens is 4. The van der Waals surface area contributed by atoms with Gasteiger partial charge < -0.3 is 34.2 Å². The molecule has 12 heteroatoms. The Morgan fingerprint density at radius 2 is 1.91 bits per heavy atom. The van der Waals surface area contributed by atoms with E-state index >= 15 is 0 Å². The van der Waals surface area contributed by atoms with Gasteiger partial charge in [-0.2, -0.15) is 0 Å². The van der Waals surface area contributed by atoms with Crippen molar-refractivity contribution in [3.63, 3.8) is 0 Å². The van der Waals surface area contributed by atoms with E-state index in [-0.39, 0.29) is 6.61 Å². The van der Waals surface area contributed by atoms with E-state index in [1.54, 1.807) is 4.57 Å². The Morgan fingerprint density at radius 1 is 1.14 bits per heavy atom. The quantitative estimate of drug-likeness (QED) is 0.511. The summed E-state index contributed by atoms with van der Waals surface area (Å²) in [5, 5.41) is 21.3. The second-order valence-electron chi connectivity index (χ2n) is 8.59. The van der Waals surface area contributed by atoms with Crippen LogP contribution in [0.1, 0.15) is 11.8 Å². The van der Waals surface area contributed by atoms with Crippen LogP contribution in [-0.4, -0.2) is 99.0 Å². The number of carbonyl (C=O) groups excluding carboxylic acids is 1. The third-order valence-corrected chi connectivity index (χ3v) is 6.22. The zero-order chi connectivity index (χ0) is 24.4. The van der Waals surface area contributed by atoms with Crippen LogP contribution in [-0.2, 0) is 20.8 Å². The molecule has 12 nitrogen and oxygen atoms in total. The lowest BCUT2D eigenvalue weighted by atomic mass is 10.1. The summed E-state index contributed by atoms with van der Waals surface area (Å²) in [5.41, 5.74) is 2.11. The lowest BCUT2D eigenvalue weighted by Crippen LogP contribution is -2.42. The molecule has 2 N–H and O–H groups in total. The fraction of sp³-hybridized carbons (Fsp3) is 0.478. The van der Waals surface area contributed by atoms with Gasteiger partial charge in [0, 0.05) is 26.7 Å². The number of amides is 1. The summed E-state index contributed by atoms with van der Waals surface area (Å²) in [6, 6.07) is 9.98. The number of hydrogen-bond acceptors (Lipinski definition) is 10. The van der Waals surface area contributed by atoms with E-state index in [4.69, 9.17) is 14.2 Å². The van der Waals surface area contributed by atoms with E-state index < -0.39 is 30.6 Å². The van der Waals surface area contributed by atoms with Crippen LogP contribution in [0.2, 0.25) is 0 Å². The van der Waals surface area contributed by atoms with Crippen LogP contribution >= 0.6 is 0 Å². The van der Waals surface area contributed by atoms with Gasteiger partial charge in [-0.15, -0.1) is 0 Å². The van der Waals surface area contributed by atoms with Crippen LogP contribution in [0.25, 0.3) is 11.2 Å². The number of aliphatic hydroxyl groups is 2. The summed E-state index contributed by atoms with van der Waals surface area (Å²) in [5.74, 6) is 0.627. The molecule has 2 aromatic heterocycles. The average molecular weight is 485 g/mol. The van der Waals surface area contributed by atoms with Gasteiger partial charge in [0.2, 0.25) is 0 Å². The van der Waals surface area contributed by atoms with Gasteiger partial charge in [0.25, 0.3) is 0 Å². The maximum atomic E-state index is 12.3. The molecule has 4 atom stereocenters. The molecule has 0 saturated carbocycles. The number of rotatable bonds is 6.